The Labute approximate surface area is 83.0 Å². The normalized spacial score (nSPS) is 12.9. The first-order chi connectivity index (χ1) is 6.07. The molecule has 3 heteroatoms. The van der Waals surface area contributed by atoms with E-state index in [1.54, 1.807) is 16.3 Å². The molecule has 0 saturated heterocycles. The summed E-state index contributed by atoms with van der Waals surface area (Å²) >= 11 is 1.69. The van der Waals surface area contributed by atoms with Crippen LogP contribution in [0, 0.1) is 6.92 Å². The molecule has 72 valence electrons. The molecule has 1 atom stereocenters. The topological polar surface area (TPSA) is 22.0 Å². The minimum Gasteiger partial charge on any atom is -0.316 e. The molecule has 1 heterocycles. The van der Waals surface area contributed by atoms with Gasteiger partial charge in [-0.2, -0.15) is 11.8 Å². The van der Waals surface area contributed by atoms with Crippen molar-refractivity contribution in [2.24, 2.45) is 7.05 Å². The van der Waals surface area contributed by atoms with Crippen LogP contribution < -0.4 is 5.56 Å². The molecule has 0 radical (unpaired) electrons. The predicted octanol–water partition coefficient (Wildman–Crippen LogP) is 2.12. The van der Waals surface area contributed by atoms with Gasteiger partial charge in [-0.25, -0.2) is 0 Å². The monoisotopic (exact) mass is 197 g/mol. The molecule has 0 saturated carbocycles. The minimum atomic E-state index is 0.127. The number of thioether (sulfide) groups is 1. The predicted molar refractivity (Wildman–Crippen MR) is 58.4 cm³/mol. The van der Waals surface area contributed by atoms with Crippen molar-refractivity contribution in [3.05, 3.63) is 33.7 Å². The molecule has 0 N–H and O–H groups in total. The van der Waals surface area contributed by atoms with Crippen LogP contribution in [-0.2, 0) is 7.05 Å². The number of aromatic nitrogens is 1. The Morgan fingerprint density at radius 3 is 2.62 bits per heavy atom. The van der Waals surface area contributed by atoms with Gasteiger partial charge in [-0.3, -0.25) is 4.79 Å². The van der Waals surface area contributed by atoms with Gasteiger partial charge in [0.1, 0.15) is 0 Å². The Morgan fingerprint density at radius 1 is 1.46 bits per heavy atom. The molecule has 0 aliphatic rings. The first-order valence-electron chi connectivity index (χ1n) is 4.27. The van der Waals surface area contributed by atoms with Gasteiger partial charge in [0.2, 0.25) is 0 Å². The summed E-state index contributed by atoms with van der Waals surface area (Å²) in [6, 6.07) is 3.92. The lowest BCUT2D eigenvalue weighted by Gasteiger charge is -2.10. The maximum absolute atomic E-state index is 11.7. The quantitative estimate of drug-likeness (QED) is 0.724. The average Bonchev–Trinajstić information content (AvgIpc) is 2.13. The zero-order chi connectivity index (χ0) is 10.0. The lowest BCUT2D eigenvalue weighted by Crippen LogP contribution is -2.23. The second kappa shape index (κ2) is 4.01. The van der Waals surface area contributed by atoms with E-state index in [-0.39, 0.29) is 10.8 Å². The Balaban J connectivity index is 3.26. The highest BCUT2D eigenvalue weighted by Gasteiger charge is 2.09. The van der Waals surface area contributed by atoms with Crippen LogP contribution in [0.5, 0.6) is 0 Å². The summed E-state index contributed by atoms with van der Waals surface area (Å²) in [5.41, 5.74) is 2.02. The summed E-state index contributed by atoms with van der Waals surface area (Å²) in [5, 5.41) is 0.277. The first-order valence-corrected chi connectivity index (χ1v) is 5.56. The van der Waals surface area contributed by atoms with Gasteiger partial charge < -0.3 is 4.57 Å². The van der Waals surface area contributed by atoms with Gasteiger partial charge in [-0.1, -0.05) is 6.07 Å². The SMILES string of the molecule is CSC(C)c1ccc(C)n(C)c1=O. The van der Waals surface area contributed by atoms with Crippen molar-refractivity contribution in [1.82, 2.24) is 4.57 Å². The van der Waals surface area contributed by atoms with E-state index in [1.165, 1.54) is 0 Å². The maximum Gasteiger partial charge on any atom is 0.254 e. The Morgan fingerprint density at radius 2 is 2.08 bits per heavy atom. The van der Waals surface area contributed by atoms with Gasteiger partial charge in [0.15, 0.2) is 0 Å². The third-order valence-electron chi connectivity index (χ3n) is 2.38. The van der Waals surface area contributed by atoms with E-state index in [9.17, 15) is 4.79 Å². The highest BCUT2D eigenvalue weighted by Crippen LogP contribution is 2.22. The van der Waals surface area contributed by atoms with E-state index in [0.717, 1.165) is 11.3 Å². The second-order valence-electron chi connectivity index (χ2n) is 3.17. The molecule has 0 aromatic carbocycles. The molecule has 13 heavy (non-hydrogen) atoms. The van der Waals surface area contributed by atoms with E-state index in [2.05, 4.69) is 6.92 Å². The van der Waals surface area contributed by atoms with Crippen LogP contribution >= 0.6 is 11.8 Å². The number of hydrogen-bond acceptors (Lipinski definition) is 2. The molecular formula is C10H15NOS. The summed E-state index contributed by atoms with van der Waals surface area (Å²) in [6.45, 7) is 3.99. The fourth-order valence-corrected chi connectivity index (χ4v) is 1.62. The summed E-state index contributed by atoms with van der Waals surface area (Å²) in [6.07, 6.45) is 2.02. The fourth-order valence-electron chi connectivity index (χ4n) is 1.18. The summed E-state index contributed by atoms with van der Waals surface area (Å²) in [5.74, 6) is 0. The van der Waals surface area contributed by atoms with Crippen molar-refractivity contribution in [3.8, 4) is 0 Å². The van der Waals surface area contributed by atoms with E-state index in [4.69, 9.17) is 0 Å². The molecule has 1 aromatic heterocycles. The third kappa shape index (κ3) is 1.97. The number of aryl methyl sites for hydroxylation is 1. The molecule has 1 rings (SSSR count). The largest absolute Gasteiger partial charge is 0.316 e. The minimum absolute atomic E-state index is 0.127. The number of hydrogen-bond donors (Lipinski definition) is 0. The number of rotatable bonds is 2. The summed E-state index contributed by atoms with van der Waals surface area (Å²) in [4.78, 5) is 11.7. The molecule has 0 fully saturated rings. The standard InChI is InChI=1S/C10H15NOS/c1-7-5-6-9(8(2)13-4)10(12)11(7)3/h5-6,8H,1-4H3. The van der Waals surface area contributed by atoms with Crippen LogP contribution in [0.25, 0.3) is 0 Å². The molecule has 2 nitrogen and oxygen atoms in total. The van der Waals surface area contributed by atoms with Crippen LogP contribution in [0.4, 0.5) is 0 Å². The lowest BCUT2D eigenvalue weighted by atomic mass is 10.2. The van der Waals surface area contributed by atoms with Gasteiger partial charge in [0, 0.05) is 23.6 Å². The second-order valence-corrected chi connectivity index (χ2v) is 4.35. The van der Waals surface area contributed by atoms with Crippen LogP contribution in [-0.4, -0.2) is 10.8 Å². The highest BCUT2D eigenvalue weighted by molar-refractivity contribution is 7.98. The summed E-state index contributed by atoms with van der Waals surface area (Å²) in [7, 11) is 1.81. The van der Waals surface area contributed by atoms with Crippen LogP contribution in [0.1, 0.15) is 23.4 Å². The van der Waals surface area contributed by atoms with Crippen molar-refractivity contribution in [3.63, 3.8) is 0 Å². The van der Waals surface area contributed by atoms with Crippen molar-refractivity contribution >= 4 is 11.8 Å². The molecule has 1 aromatic rings. The van der Waals surface area contributed by atoms with Crippen molar-refractivity contribution in [2.45, 2.75) is 19.1 Å². The smallest absolute Gasteiger partial charge is 0.254 e. The molecule has 0 spiro atoms. The van der Waals surface area contributed by atoms with Crippen LogP contribution in [0.15, 0.2) is 16.9 Å². The zero-order valence-corrected chi connectivity index (χ0v) is 9.31. The van der Waals surface area contributed by atoms with Crippen LogP contribution in [0.3, 0.4) is 0 Å². The highest BCUT2D eigenvalue weighted by atomic mass is 32.2. The van der Waals surface area contributed by atoms with E-state index in [0.29, 0.717) is 0 Å². The first kappa shape index (κ1) is 10.4. The average molecular weight is 197 g/mol. The van der Waals surface area contributed by atoms with Crippen LogP contribution in [0.2, 0.25) is 0 Å². The van der Waals surface area contributed by atoms with Gasteiger partial charge in [-0.15, -0.1) is 0 Å². The zero-order valence-electron chi connectivity index (χ0n) is 8.50. The van der Waals surface area contributed by atoms with Gasteiger partial charge in [-0.05, 0) is 26.2 Å². The van der Waals surface area contributed by atoms with Crippen molar-refractivity contribution < 1.29 is 0 Å². The Bertz CT molecular complexity index is 356. The molecule has 1 unspecified atom stereocenters. The van der Waals surface area contributed by atoms with E-state index >= 15 is 0 Å². The third-order valence-corrected chi connectivity index (χ3v) is 3.34. The van der Waals surface area contributed by atoms with Gasteiger partial charge in [0.25, 0.3) is 5.56 Å². The number of nitrogens with zero attached hydrogens (tertiary/aromatic N) is 1. The van der Waals surface area contributed by atoms with Gasteiger partial charge >= 0.3 is 0 Å². The Hall–Kier alpha value is -0.700. The van der Waals surface area contributed by atoms with Crippen molar-refractivity contribution in [2.75, 3.05) is 6.26 Å². The molecule has 0 aliphatic carbocycles. The van der Waals surface area contributed by atoms with E-state index in [1.807, 2.05) is 32.4 Å². The van der Waals surface area contributed by atoms with Gasteiger partial charge in [0.05, 0.1) is 0 Å². The summed E-state index contributed by atoms with van der Waals surface area (Å²) < 4.78 is 1.70. The number of pyridine rings is 1. The molecule has 0 amide bonds. The lowest BCUT2D eigenvalue weighted by molar-refractivity contribution is 0.796. The van der Waals surface area contributed by atoms with Crippen molar-refractivity contribution in [1.29, 1.82) is 0 Å². The molecule has 0 bridgehead atoms. The maximum atomic E-state index is 11.7. The molecular weight excluding hydrogens is 182 g/mol. The fraction of sp³-hybridized carbons (Fsp3) is 0.500. The molecule has 0 aliphatic heterocycles. The Kier molecular flexibility index (Phi) is 3.20. The van der Waals surface area contributed by atoms with E-state index < -0.39 is 0 Å².